The number of carboxylic acids is 1. The van der Waals surface area contributed by atoms with Crippen molar-refractivity contribution in [1.29, 1.82) is 0 Å². The van der Waals surface area contributed by atoms with Gasteiger partial charge in [-0.2, -0.15) is 0 Å². The van der Waals surface area contributed by atoms with E-state index >= 15 is 0 Å². The number of hydrogen-bond acceptors (Lipinski definition) is 5. The van der Waals surface area contributed by atoms with Crippen LogP contribution >= 0.6 is 0 Å². The highest BCUT2D eigenvalue weighted by Gasteiger charge is 2.27. The van der Waals surface area contributed by atoms with Gasteiger partial charge in [0.1, 0.15) is 11.9 Å². The second-order valence-corrected chi connectivity index (χ2v) is 6.04. The van der Waals surface area contributed by atoms with Crippen molar-refractivity contribution in [1.82, 2.24) is 15.3 Å². The summed E-state index contributed by atoms with van der Waals surface area (Å²) in [4.78, 5) is 22.9. The van der Waals surface area contributed by atoms with Gasteiger partial charge >= 0.3 is 5.97 Å². The lowest BCUT2D eigenvalue weighted by atomic mass is 10.1. The number of aromatic nitrogens is 2. The molecular weight excluding hydrogens is 316 g/mol. The summed E-state index contributed by atoms with van der Waals surface area (Å²) in [7, 11) is 0. The molecular formula is C19H18N4O2. The summed E-state index contributed by atoms with van der Waals surface area (Å²) in [5.74, 6) is 0.600. The number of anilines is 1. The molecule has 4 rings (SSSR count). The van der Waals surface area contributed by atoms with Gasteiger partial charge in [0.2, 0.25) is 0 Å². The van der Waals surface area contributed by atoms with E-state index in [4.69, 9.17) is 4.98 Å². The van der Waals surface area contributed by atoms with Gasteiger partial charge < -0.3 is 15.3 Å². The van der Waals surface area contributed by atoms with Gasteiger partial charge in [0, 0.05) is 30.6 Å². The Labute approximate surface area is 145 Å². The molecule has 0 radical (unpaired) electrons. The van der Waals surface area contributed by atoms with Crippen molar-refractivity contribution >= 4 is 22.7 Å². The van der Waals surface area contributed by atoms with Crippen molar-refractivity contribution < 1.29 is 9.90 Å². The Morgan fingerprint density at radius 2 is 1.84 bits per heavy atom. The largest absolute Gasteiger partial charge is 0.480 e. The van der Waals surface area contributed by atoms with Crippen LogP contribution in [0.3, 0.4) is 0 Å². The minimum Gasteiger partial charge on any atom is -0.480 e. The Hall–Kier alpha value is -2.99. The van der Waals surface area contributed by atoms with Crippen molar-refractivity contribution in [2.24, 2.45) is 0 Å². The number of fused-ring (bicyclic) bond motifs is 1. The first-order valence-electron chi connectivity index (χ1n) is 8.26. The highest BCUT2D eigenvalue weighted by atomic mass is 16.4. The van der Waals surface area contributed by atoms with Crippen LogP contribution in [0.4, 0.5) is 5.82 Å². The van der Waals surface area contributed by atoms with Gasteiger partial charge in [-0.15, -0.1) is 0 Å². The van der Waals surface area contributed by atoms with E-state index in [1.54, 1.807) is 0 Å². The number of piperazine rings is 1. The number of carboxylic acid groups (broad SMARTS) is 1. The third-order valence-corrected chi connectivity index (χ3v) is 4.39. The molecule has 1 aromatic heterocycles. The third kappa shape index (κ3) is 3.04. The molecule has 0 spiro atoms. The number of nitrogens with zero attached hydrogens (tertiary/aromatic N) is 3. The van der Waals surface area contributed by atoms with Gasteiger partial charge in [0.15, 0.2) is 5.82 Å². The number of aliphatic carboxylic acids is 1. The van der Waals surface area contributed by atoms with Gasteiger partial charge in [-0.05, 0) is 12.1 Å². The first kappa shape index (κ1) is 15.5. The highest BCUT2D eigenvalue weighted by Crippen LogP contribution is 2.28. The second-order valence-electron chi connectivity index (χ2n) is 6.04. The fourth-order valence-corrected chi connectivity index (χ4v) is 3.12. The van der Waals surface area contributed by atoms with Crippen molar-refractivity contribution in [2.45, 2.75) is 6.04 Å². The molecule has 2 aromatic carbocycles. The quantitative estimate of drug-likeness (QED) is 0.764. The number of rotatable bonds is 3. The van der Waals surface area contributed by atoms with E-state index in [1.807, 2.05) is 59.5 Å². The number of hydrogen-bond donors (Lipinski definition) is 2. The Balaban J connectivity index is 1.83. The molecule has 6 nitrogen and oxygen atoms in total. The maximum atomic E-state index is 11.4. The fourth-order valence-electron chi connectivity index (χ4n) is 3.12. The maximum Gasteiger partial charge on any atom is 0.322 e. The van der Waals surface area contributed by atoms with Crippen LogP contribution in [0.2, 0.25) is 0 Å². The normalized spacial score (nSPS) is 17.6. The molecule has 6 heteroatoms. The van der Waals surface area contributed by atoms with Crippen LogP contribution in [0.25, 0.3) is 22.3 Å². The van der Waals surface area contributed by atoms with E-state index < -0.39 is 12.0 Å². The summed E-state index contributed by atoms with van der Waals surface area (Å²) in [5, 5.41) is 13.3. The lowest BCUT2D eigenvalue weighted by Crippen LogP contribution is -2.54. The molecule has 0 aliphatic carbocycles. The predicted molar refractivity (Wildman–Crippen MR) is 96.6 cm³/mol. The standard InChI is InChI=1S/C19H18N4O2/c24-19(25)16-12-23(11-10-20-16)18-14-8-4-5-9-15(14)21-17(22-18)13-6-2-1-3-7-13/h1-9,16,20H,10-12H2,(H,24,25). The smallest absolute Gasteiger partial charge is 0.322 e. The van der Waals surface area contributed by atoms with Gasteiger partial charge in [-0.3, -0.25) is 4.79 Å². The molecule has 0 bridgehead atoms. The first-order chi connectivity index (χ1) is 12.2. The highest BCUT2D eigenvalue weighted by molar-refractivity contribution is 5.91. The minimum atomic E-state index is -0.841. The topological polar surface area (TPSA) is 78.3 Å². The summed E-state index contributed by atoms with van der Waals surface area (Å²) in [6, 6.07) is 17.1. The predicted octanol–water partition coefficient (Wildman–Crippen LogP) is 2.16. The van der Waals surface area contributed by atoms with E-state index in [-0.39, 0.29) is 0 Å². The molecule has 1 aliphatic heterocycles. The summed E-state index contributed by atoms with van der Waals surface area (Å²) >= 11 is 0. The Morgan fingerprint density at radius 3 is 2.64 bits per heavy atom. The van der Waals surface area contributed by atoms with Crippen LogP contribution in [0.15, 0.2) is 54.6 Å². The van der Waals surface area contributed by atoms with Crippen molar-refractivity contribution in [3.8, 4) is 11.4 Å². The summed E-state index contributed by atoms with van der Waals surface area (Å²) in [6.07, 6.45) is 0. The molecule has 2 N–H and O–H groups in total. The molecule has 0 amide bonds. The first-order valence-corrected chi connectivity index (χ1v) is 8.26. The van der Waals surface area contributed by atoms with E-state index in [0.717, 1.165) is 22.3 Å². The van der Waals surface area contributed by atoms with Crippen molar-refractivity contribution in [3.63, 3.8) is 0 Å². The average Bonchev–Trinajstić information content (AvgIpc) is 2.68. The number of nitrogens with one attached hydrogen (secondary N) is 1. The third-order valence-electron chi connectivity index (χ3n) is 4.39. The molecule has 0 saturated carbocycles. The molecule has 1 unspecified atom stereocenters. The molecule has 1 saturated heterocycles. The van der Waals surface area contributed by atoms with Gasteiger partial charge in [0.25, 0.3) is 0 Å². The van der Waals surface area contributed by atoms with Gasteiger partial charge in [-0.25, -0.2) is 9.97 Å². The number of carbonyl (C=O) groups is 1. The van der Waals surface area contributed by atoms with Crippen LogP contribution in [-0.2, 0) is 4.79 Å². The number of benzene rings is 2. The fraction of sp³-hybridized carbons (Fsp3) is 0.211. The van der Waals surface area contributed by atoms with Gasteiger partial charge in [0.05, 0.1) is 5.52 Å². The lowest BCUT2D eigenvalue weighted by molar-refractivity contribution is -0.139. The lowest BCUT2D eigenvalue weighted by Gasteiger charge is -2.33. The van der Waals surface area contributed by atoms with Crippen molar-refractivity contribution in [3.05, 3.63) is 54.6 Å². The van der Waals surface area contributed by atoms with Crippen LogP contribution in [0, 0.1) is 0 Å². The minimum absolute atomic E-state index is 0.380. The Morgan fingerprint density at radius 1 is 1.08 bits per heavy atom. The molecule has 25 heavy (non-hydrogen) atoms. The Bertz CT molecular complexity index is 914. The van der Waals surface area contributed by atoms with Crippen LogP contribution < -0.4 is 10.2 Å². The van der Waals surface area contributed by atoms with Crippen molar-refractivity contribution in [2.75, 3.05) is 24.5 Å². The van der Waals surface area contributed by atoms with Crippen LogP contribution in [0.1, 0.15) is 0 Å². The maximum absolute atomic E-state index is 11.4. The summed E-state index contributed by atoms with van der Waals surface area (Å²) in [6.45, 7) is 1.69. The molecule has 126 valence electrons. The molecule has 2 heterocycles. The molecule has 1 atom stereocenters. The van der Waals surface area contributed by atoms with Crippen LogP contribution in [0.5, 0.6) is 0 Å². The molecule has 3 aromatic rings. The second kappa shape index (κ2) is 6.49. The molecule has 1 aliphatic rings. The van der Waals surface area contributed by atoms with E-state index in [0.29, 0.717) is 25.5 Å². The molecule has 1 fully saturated rings. The zero-order chi connectivity index (χ0) is 17.2. The van der Waals surface area contributed by atoms with Gasteiger partial charge in [-0.1, -0.05) is 42.5 Å². The summed E-state index contributed by atoms with van der Waals surface area (Å²) < 4.78 is 0. The monoisotopic (exact) mass is 334 g/mol. The van der Waals surface area contributed by atoms with E-state index in [9.17, 15) is 9.90 Å². The summed E-state index contributed by atoms with van der Waals surface area (Å²) in [5.41, 5.74) is 1.80. The average molecular weight is 334 g/mol. The zero-order valence-corrected chi connectivity index (χ0v) is 13.6. The number of para-hydroxylation sites is 1. The van der Waals surface area contributed by atoms with E-state index in [1.165, 1.54) is 0 Å². The SMILES string of the molecule is O=C(O)C1CN(c2nc(-c3ccccc3)nc3ccccc23)CCN1. The van der Waals surface area contributed by atoms with E-state index in [2.05, 4.69) is 10.3 Å². The zero-order valence-electron chi connectivity index (χ0n) is 13.6. The Kier molecular flexibility index (Phi) is 4.03. The van der Waals surface area contributed by atoms with Crippen LogP contribution in [-0.4, -0.2) is 46.7 Å².